The predicted octanol–water partition coefficient (Wildman–Crippen LogP) is 4.27. The first-order chi connectivity index (χ1) is 16.7. The molecule has 34 heavy (non-hydrogen) atoms. The summed E-state index contributed by atoms with van der Waals surface area (Å²) in [5.74, 6) is 0.496. The summed E-state index contributed by atoms with van der Waals surface area (Å²) in [6.45, 7) is 0. The highest BCUT2D eigenvalue weighted by Gasteiger charge is 2.15. The first-order valence-corrected chi connectivity index (χ1v) is 11.6. The monoisotopic (exact) mass is 482 g/mol. The fraction of sp³-hybridized carbons (Fsp3) is 0. The molecule has 6 aromatic rings. The summed E-state index contributed by atoms with van der Waals surface area (Å²) < 4.78 is 3.67. The van der Waals surface area contributed by atoms with E-state index in [1.165, 1.54) is 15.9 Å². The number of hydrogen-bond donors (Lipinski definition) is 0. The van der Waals surface area contributed by atoms with Gasteiger partial charge in [0, 0.05) is 40.3 Å². The van der Waals surface area contributed by atoms with Crippen molar-refractivity contribution in [1.29, 1.82) is 0 Å². The minimum absolute atomic E-state index is 0.220. The van der Waals surface area contributed by atoms with Gasteiger partial charge in [-0.15, -0.1) is 5.10 Å². The molecular formula is C25H15ClN6OS. The van der Waals surface area contributed by atoms with Crippen LogP contribution < -0.4 is 10.1 Å². The van der Waals surface area contributed by atoms with Crippen LogP contribution in [0.25, 0.3) is 39.4 Å². The Hall–Kier alpha value is -4.14. The van der Waals surface area contributed by atoms with Crippen LogP contribution in [-0.2, 0) is 0 Å². The van der Waals surface area contributed by atoms with Gasteiger partial charge in [-0.05, 0) is 42.5 Å². The Kier molecular flexibility index (Phi) is 5.01. The molecule has 7 nitrogen and oxygen atoms in total. The van der Waals surface area contributed by atoms with E-state index >= 15 is 0 Å². The van der Waals surface area contributed by atoms with Crippen molar-refractivity contribution in [3.63, 3.8) is 0 Å². The van der Waals surface area contributed by atoms with Crippen LogP contribution >= 0.6 is 22.9 Å². The lowest BCUT2D eigenvalue weighted by molar-refractivity contribution is 0.884. The van der Waals surface area contributed by atoms with Crippen molar-refractivity contribution in [3.05, 3.63) is 111 Å². The Morgan fingerprint density at radius 2 is 1.65 bits per heavy atom. The molecule has 0 aliphatic heterocycles. The van der Waals surface area contributed by atoms with Gasteiger partial charge in [0.15, 0.2) is 5.82 Å². The van der Waals surface area contributed by atoms with Crippen molar-refractivity contribution in [2.45, 2.75) is 0 Å². The number of rotatable bonds is 4. The minimum Gasteiger partial charge on any atom is -0.266 e. The number of para-hydroxylation sites is 1. The summed E-state index contributed by atoms with van der Waals surface area (Å²) in [5, 5.41) is 9.86. The molecule has 0 amide bonds. The third kappa shape index (κ3) is 3.68. The predicted molar refractivity (Wildman–Crippen MR) is 133 cm³/mol. The average Bonchev–Trinajstić information content (AvgIpc) is 3.56. The molecule has 0 saturated carbocycles. The van der Waals surface area contributed by atoms with Crippen molar-refractivity contribution in [2.75, 3.05) is 0 Å². The maximum Gasteiger partial charge on any atom is 0.291 e. The second-order valence-electron chi connectivity index (χ2n) is 7.50. The van der Waals surface area contributed by atoms with Crippen LogP contribution in [0.5, 0.6) is 0 Å². The van der Waals surface area contributed by atoms with Gasteiger partial charge in [0.1, 0.15) is 5.69 Å². The van der Waals surface area contributed by atoms with Crippen LogP contribution in [0, 0.1) is 0 Å². The number of halogens is 1. The van der Waals surface area contributed by atoms with Gasteiger partial charge in [0.25, 0.3) is 5.56 Å². The van der Waals surface area contributed by atoms with Gasteiger partial charge in [-0.25, -0.2) is 4.68 Å². The number of pyridine rings is 1. The standard InChI is InChI=1S/C25H15ClN6OS/c26-19-8-6-16(7-9-19)22-18(15-31(29-22)20-4-2-1-3-5-20)14-21-24(33)32-25(34-21)28-23(30-32)17-10-12-27-13-11-17/h1-15H/b21-14+. The van der Waals surface area contributed by atoms with Crippen molar-refractivity contribution in [1.82, 2.24) is 29.4 Å². The van der Waals surface area contributed by atoms with E-state index in [2.05, 4.69) is 15.1 Å². The zero-order chi connectivity index (χ0) is 23.1. The van der Waals surface area contributed by atoms with E-state index in [4.69, 9.17) is 16.7 Å². The van der Waals surface area contributed by atoms with Crippen LogP contribution in [0.3, 0.4) is 0 Å². The highest BCUT2D eigenvalue weighted by Crippen LogP contribution is 2.26. The van der Waals surface area contributed by atoms with E-state index in [-0.39, 0.29) is 5.56 Å². The zero-order valence-electron chi connectivity index (χ0n) is 17.5. The SMILES string of the molecule is O=c1/c(=C\c2cn(-c3ccccc3)nc2-c2ccc(Cl)cc2)sc2nc(-c3ccncc3)nn12. The van der Waals surface area contributed by atoms with Gasteiger partial charge < -0.3 is 0 Å². The van der Waals surface area contributed by atoms with Crippen LogP contribution in [0.15, 0.2) is 90.1 Å². The second-order valence-corrected chi connectivity index (χ2v) is 8.95. The molecular weight excluding hydrogens is 468 g/mol. The number of fused-ring (bicyclic) bond motifs is 1. The Morgan fingerprint density at radius 3 is 2.38 bits per heavy atom. The molecule has 0 bridgehead atoms. The minimum atomic E-state index is -0.220. The van der Waals surface area contributed by atoms with E-state index in [1.807, 2.05) is 79.0 Å². The molecule has 4 aromatic heterocycles. The normalized spacial score (nSPS) is 12.0. The molecule has 0 radical (unpaired) electrons. The molecule has 0 aliphatic rings. The number of thiazole rings is 1. The molecule has 4 heterocycles. The van der Waals surface area contributed by atoms with E-state index in [0.717, 1.165) is 28.1 Å². The molecule has 0 N–H and O–H groups in total. The summed E-state index contributed by atoms with van der Waals surface area (Å²) in [7, 11) is 0. The summed E-state index contributed by atoms with van der Waals surface area (Å²) in [5.41, 5.74) is 3.97. The maximum atomic E-state index is 13.1. The highest BCUT2D eigenvalue weighted by atomic mass is 35.5. The molecule has 2 aromatic carbocycles. The van der Waals surface area contributed by atoms with Gasteiger partial charge in [0.2, 0.25) is 4.96 Å². The van der Waals surface area contributed by atoms with E-state index in [1.54, 1.807) is 17.1 Å². The highest BCUT2D eigenvalue weighted by molar-refractivity contribution is 7.15. The maximum absolute atomic E-state index is 13.1. The summed E-state index contributed by atoms with van der Waals surface area (Å²) in [6.07, 6.45) is 7.10. The molecule has 0 spiro atoms. The Labute approximate surface area is 202 Å². The Bertz CT molecular complexity index is 1720. The van der Waals surface area contributed by atoms with Crippen molar-refractivity contribution >= 4 is 34.0 Å². The van der Waals surface area contributed by atoms with Crippen molar-refractivity contribution in [3.8, 4) is 28.3 Å². The molecule has 6 rings (SSSR count). The Balaban J connectivity index is 1.50. The first kappa shape index (κ1) is 20.5. The second kappa shape index (κ2) is 8.33. The van der Waals surface area contributed by atoms with Gasteiger partial charge in [-0.3, -0.25) is 9.78 Å². The largest absolute Gasteiger partial charge is 0.291 e. The van der Waals surface area contributed by atoms with Crippen LogP contribution in [-0.4, -0.2) is 29.4 Å². The molecule has 0 aliphatic carbocycles. The van der Waals surface area contributed by atoms with E-state index in [0.29, 0.717) is 20.3 Å². The molecule has 0 fully saturated rings. The number of nitrogens with zero attached hydrogens (tertiary/aromatic N) is 6. The van der Waals surface area contributed by atoms with Crippen LogP contribution in [0.2, 0.25) is 5.02 Å². The van der Waals surface area contributed by atoms with E-state index < -0.39 is 0 Å². The summed E-state index contributed by atoms with van der Waals surface area (Å²) in [4.78, 5) is 22.2. The lowest BCUT2D eigenvalue weighted by Gasteiger charge is -2.00. The molecule has 0 saturated heterocycles. The molecule has 9 heteroatoms. The molecule has 0 atom stereocenters. The quantitative estimate of drug-likeness (QED) is 0.375. The lowest BCUT2D eigenvalue weighted by atomic mass is 10.1. The lowest BCUT2D eigenvalue weighted by Crippen LogP contribution is -2.23. The summed E-state index contributed by atoms with van der Waals surface area (Å²) >= 11 is 7.38. The van der Waals surface area contributed by atoms with Gasteiger partial charge in [-0.1, -0.05) is 53.3 Å². The smallest absolute Gasteiger partial charge is 0.266 e. The Morgan fingerprint density at radius 1 is 0.882 bits per heavy atom. The number of benzene rings is 2. The van der Waals surface area contributed by atoms with Crippen LogP contribution in [0.4, 0.5) is 0 Å². The van der Waals surface area contributed by atoms with Crippen molar-refractivity contribution in [2.24, 2.45) is 0 Å². The number of hydrogen-bond acceptors (Lipinski definition) is 6. The first-order valence-electron chi connectivity index (χ1n) is 10.4. The van der Waals surface area contributed by atoms with Gasteiger partial charge in [-0.2, -0.15) is 14.6 Å². The number of aromatic nitrogens is 6. The van der Waals surface area contributed by atoms with Crippen LogP contribution in [0.1, 0.15) is 5.56 Å². The van der Waals surface area contributed by atoms with Gasteiger partial charge in [0.05, 0.1) is 10.2 Å². The summed E-state index contributed by atoms with van der Waals surface area (Å²) in [6, 6.07) is 20.9. The topological polar surface area (TPSA) is 78.0 Å². The molecule has 164 valence electrons. The zero-order valence-corrected chi connectivity index (χ0v) is 19.1. The van der Waals surface area contributed by atoms with E-state index in [9.17, 15) is 4.79 Å². The third-order valence-corrected chi connectivity index (χ3v) is 6.50. The third-order valence-electron chi connectivity index (χ3n) is 5.29. The van der Waals surface area contributed by atoms with Crippen molar-refractivity contribution < 1.29 is 0 Å². The van der Waals surface area contributed by atoms with Gasteiger partial charge >= 0.3 is 0 Å². The fourth-order valence-corrected chi connectivity index (χ4v) is 4.66. The molecule has 0 unspecified atom stereocenters. The average molecular weight is 483 g/mol. The fourth-order valence-electron chi connectivity index (χ4n) is 3.64.